The van der Waals surface area contributed by atoms with Gasteiger partial charge in [-0.25, -0.2) is 0 Å². The largest absolute Gasteiger partial charge is 0.872 e. The lowest BCUT2D eigenvalue weighted by Crippen LogP contribution is -3.13. The highest BCUT2D eigenvalue weighted by molar-refractivity contribution is 6.15. The second kappa shape index (κ2) is 8.57. The van der Waals surface area contributed by atoms with E-state index in [1.807, 2.05) is 24.4 Å². The number of nitrogens with one attached hydrogen (secondary N) is 1. The first kappa shape index (κ1) is 21.6. The maximum atomic E-state index is 13.2. The van der Waals surface area contributed by atoms with Gasteiger partial charge in [0, 0.05) is 47.9 Å². The van der Waals surface area contributed by atoms with Gasteiger partial charge in [0.15, 0.2) is 5.76 Å². The lowest BCUT2D eigenvalue weighted by atomic mass is 10.0. The van der Waals surface area contributed by atoms with Gasteiger partial charge in [-0.3, -0.25) is 9.69 Å². The lowest BCUT2D eigenvalue weighted by molar-refractivity contribution is -0.918. The minimum Gasteiger partial charge on any atom is -0.872 e. The van der Waals surface area contributed by atoms with E-state index in [4.69, 9.17) is 9.47 Å². The van der Waals surface area contributed by atoms with Crippen LogP contribution in [0.15, 0.2) is 42.3 Å². The standard InChI is InChI=1S/C26H29N3O4/c1-4-29-15-17(20-14-18(32-3)5-7-22(20)29)13-24-25(31)19-6-8-23(30)21(26(19)33-24)16-28-11-9-27(2)10-12-28/h5-8,13-15,30H,4,9-12,16H2,1-3H3/b24-13-. The van der Waals surface area contributed by atoms with Crippen LogP contribution in [-0.4, -0.2) is 55.6 Å². The molecule has 2 aliphatic rings. The summed E-state index contributed by atoms with van der Waals surface area (Å²) in [5, 5.41) is 13.7. The van der Waals surface area contributed by atoms with Crippen molar-refractivity contribution in [1.82, 2.24) is 9.47 Å². The van der Waals surface area contributed by atoms with Crippen LogP contribution in [0.3, 0.4) is 0 Å². The average Bonchev–Trinajstić information content (AvgIpc) is 3.34. The SMILES string of the molecule is CCn1cc(/C=C2\Oc3c(ccc([O-])c3C[NH+]3CCN(C)CC3)C2=O)c2cc(OC)ccc21. The Labute approximate surface area is 193 Å². The molecule has 1 aromatic heterocycles. The quantitative estimate of drug-likeness (QED) is 0.603. The average molecular weight is 448 g/mol. The van der Waals surface area contributed by atoms with E-state index in [9.17, 15) is 9.90 Å². The number of quaternary nitrogens is 1. The van der Waals surface area contributed by atoms with Gasteiger partial charge in [-0.05, 0) is 44.3 Å². The number of hydrogen-bond donors (Lipinski definition) is 1. The number of allylic oxidation sites excluding steroid dienone is 1. The number of carbonyl (C=O) groups excluding carboxylic acids is 1. The number of rotatable bonds is 5. The van der Waals surface area contributed by atoms with Crippen LogP contribution in [-0.2, 0) is 13.1 Å². The highest BCUT2D eigenvalue weighted by atomic mass is 16.5. The summed E-state index contributed by atoms with van der Waals surface area (Å²) in [6, 6.07) is 9.02. The van der Waals surface area contributed by atoms with E-state index >= 15 is 0 Å². The fourth-order valence-corrected chi connectivity index (χ4v) is 4.77. The summed E-state index contributed by atoms with van der Waals surface area (Å²) in [6.45, 7) is 7.38. The normalized spacial score (nSPS) is 18.2. The van der Waals surface area contributed by atoms with Gasteiger partial charge < -0.3 is 24.0 Å². The van der Waals surface area contributed by atoms with Gasteiger partial charge in [0.05, 0.1) is 25.8 Å². The van der Waals surface area contributed by atoms with Crippen molar-refractivity contribution < 1.29 is 24.3 Å². The van der Waals surface area contributed by atoms with Gasteiger partial charge in [-0.1, -0.05) is 11.8 Å². The first-order valence-corrected chi connectivity index (χ1v) is 11.4. The summed E-state index contributed by atoms with van der Waals surface area (Å²) < 4.78 is 13.6. The van der Waals surface area contributed by atoms with Crippen LogP contribution in [0.2, 0.25) is 0 Å². The van der Waals surface area contributed by atoms with E-state index in [2.05, 4.69) is 23.4 Å². The predicted molar refractivity (Wildman–Crippen MR) is 125 cm³/mol. The summed E-state index contributed by atoms with van der Waals surface area (Å²) in [7, 11) is 3.75. The molecule has 33 heavy (non-hydrogen) atoms. The maximum absolute atomic E-state index is 13.2. The number of aromatic nitrogens is 1. The highest BCUT2D eigenvalue weighted by Gasteiger charge is 2.32. The van der Waals surface area contributed by atoms with Crippen molar-refractivity contribution in [3.8, 4) is 17.2 Å². The van der Waals surface area contributed by atoms with Crippen molar-refractivity contribution >= 4 is 22.8 Å². The van der Waals surface area contributed by atoms with E-state index in [1.165, 1.54) is 11.0 Å². The Balaban J connectivity index is 1.50. The van der Waals surface area contributed by atoms with Crippen molar-refractivity contribution in [1.29, 1.82) is 0 Å². The van der Waals surface area contributed by atoms with Crippen molar-refractivity contribution in [3.05, 3.63) is 59.0 Å². The molecule has 172 valence electrons. The number of fused-ring (bicyclic) bond motifs is 2. The smallest absolute Gasteiger partial charge is 0.231 e. The summed E-state index contributed by atoms with van der Waals surface area (Å²) in [5.41, 5.74) is 3.02. The van der Waals surface area contributed by atoms with Gasteiger partial charge in [-0.2, -0.15) is 0 Å². The van der Waals surface area contributed by atoms with Crippen LogP contribution in [0.1, 0.15) is 28.4 Å². The Bertz CT molecular complexity index is 1250. The Kier molecular flexibility index (Phi) is 5.60. The van der Waals surface area contributed by atoms with Crippen LogP contribution in [0.5, 0.6) is 17.2 Å². The molecule has 0 unspecified atom stereocenters. The van der Waals surface area contributed by atoms with Crippen molar-refractivity contribution in [2.24, 2.45) is 0 Å². The molecule has 0 radical (unpaired) electrons. The predicted octanol–water partition coefficient (Wildman–Crippen LogP) is 1.69. The number of piperazine rings is 1. The van der Waals surface area contributed by atoms with Crippen molar-refractivity contribution in [2.45, 2.75) is 20.0 Å². The first-order chi connectivity index (χ1) is 16.0. The second-order valence-corrected chi connectivity index (χ2v) is 8.84. The third-order valence-electron chi connectivity index (χ3n) is 6.77. The zero-order valence-electron chi connectivity index (χ0n) is 19.3. The van der Waals surface area contributed by atoms with Crippen LogP contribution < -0.4 is 19.5 Å². The molecule has 3 heterocycles. The number of ether oxygens (including phenoxy) is 2. The molecule has 5 rings (SSSR count). The van der Waals surface area contributed by atoms with E-state index in [0.717, 1.165) is 54.9 Å². The number of nitrogens with zero attached hydrogens (tertiary/aromatic N) is 2. The Hall–Kier alpha value is -3.29. The van der Waals surface area contributed by atoms with Gasteiger partial charge in [-0.15, -0.1) is 0 Å². The summed E-state index contributed by atoms with van der Waals surface area (Å²) >= 11 is 0. The number of benzene rings is 2. The fourth-order valence-electron chi connectivity index (χ4n) is 4.77. The molecular weight excluding hydrogens is 418 g/mol. The molecule has 1 saturated heterocycles. The Morgan fingerprint density at radius 2 is 2.00 bits per heavy atom. The number of ketones is 1. The van der Waals surface area contributed by atoms with E-state index < -0.39 is 0 Å². The van der Waals surface area contributed by atoms with Crippen LogP contribution in [0.4, 0.5) is 0 Å². The summed E-state index contributed by atoms with van der Waals surface area (Å²) in [5.74, 6) is 1.19. The zero-order chi connectivity index (χ0) is 23.1. The van der Waals surface area contributed by atoms with E-state index in [1.54, 1.807) is 19.3 Å². The summed E-state index contributed by atoms with van der Waals surface area (Å²) in [6.07, 6.45) is 3.80. The maximum Gasteiger partial charge on any atom is 0.231 e. The Morgan fingerprint density at radius 1 is 1.21 bits per heavy atom. The number of Topliss-reactive ketones (excluding diaryl/α,β-unsaturated/α-hetero) is 1. The molecule has 7 heteroatoms. The molecule has 7 nitrogen and oxygen atoms in total. The van der Waals surface area contributed by atoms with E-state index in [0.29, 0.717) is 23.4 Å². The number of hydrogen-bond acceptors (Lipinski definition) is 5. The van der Waals surface area contributed by atoms with Crippen molar-refractivity contribution in [3.63, 3.8) is 0 Å². The first-order valence-electron chi connectivity index (χ1n) is 11.4. The molecule has 1 fully saturated rings. The molecule has 0 saturated carbocycles. The van der Waals surface area contributed by atoms with E-state index in [-0.39, 0.29) is 17.3 Å². The zero-order valence-corrected chi connectivity index (χ0v) is 19.3. The molecule has 1 N–H and O–H groups in total. The third-order valence-corrected chi connectivity index (χ3v) is 6.77. The Morgan fingerprint density at radius 3 is 2.73 bits per heavy atom. The molecule has 0 atom stereocenters. The number of aryl methyl sites for hydroxylation is 1. The minimum absolute atomic E-state index is 0.0680. The monoisotopic (exact) mass is 447 g/mol. The number of methoxy groups -OCH3 is 1. The highest BCUT2D eigenvalue weighted by Crippen LogP contribution is 2.39. The van der Waals surface area contributed by atoms with Crippen LogP contribution in [0, 0.1) is 0 Å². The van der Waals surface area contributed by atoms with Gasteiger partial charge in [0.2, 0.25) is 5.78 Å². The summed E-state index contributed by atoms with van der Waals surface area (Å²) in [4.78, 5) is 16.8. The molecule has 0 bridgehead atoms. The topological polar surface area (TPSA) is 71.2 Å². The van der Waals surface area contributed by atoms with Gasteiger partial charge in [0.25, 0.3) is 0 Å². The van der Waals surface area contributed by atoms with Crippen molar-refractivity contribution in [2.75, 3.05) is 40.3 Å². The molecule has 2 aromatic carbocycles. The van der Waals surface area contributed by atoms with Gasteiger partial charge in [0.1, 0.15) is 18.0 Å². The lowest BCUT2D eigenvalue weighted by Gasteiger charge is -2.30. The minimum atomic E-state index is -0.181. The van der Waals surface area contributed by atoms with Gasteiger partial charge >= 0.3 is 0 Å². The van der Waals surface area contributed by atoms with Crippen LogP contribution >= 0.6 is 0 Å². The molecule has 0 spiro atoms. The number of carbonyl (C=O) groups is 1. The molecular formula is C26H29N3O4. The molecule has 0 amide bonds. The molecule has 0 aliphatic carbocycles. The third kappa shape index (κ3) is 3.87. The fraction of sp³-hybridized carbons (Fsp3) is 0.346. The van der Waals surface area contributed by atoms with Crippen LogP contribution in [0.25, 0.3) is 17.0 Å². The second-order valence-electron chi connectivity index (χ2n) is 8.84. The molecule has 2 aliphatic heterocycles. The number of likely N-dealkylation sites (N-methyl/N-ethyl adjacent to an activating group) is 1. The molecule has 3 aromatic rings.